The molecule has 2 aromatic rings. The molecule has 0 spiro atoms. The lowest BCUT2D eigenvalue weighted by Gasteiger charge is -2.14. The van der Waals surface area contributed by atoms with Crippen molar-refractivity contribution < 1.29 is 9.47 Å². The molecule has 0 unspecified atom stereocenters. The maximum Gasteiger partial charge on any atom is 0.165 e. The van der Waals surface area contributed by atoms with Crippen molar-refractivity contribution in [3.8, 4) is 11.5 Å². The van der Waals surface area contributed by atoms with Crippen molar-refractivity contribution in [3.63, 3.8) is 0 Å². The molecule has 1 heterocycles. The molecule has 0 aliphatic heterocycles. The van der Waals surface area contributed by atoms with Crippen LogP contribution >= 0.6 is 0 Å². The fraction of sp³-hybridized carbons (Fsp3) is 0.312. The van der Waals surface area contributed by atoms with Crippen molar-refractivity contribution in [2.75, 3.05) is 13.7 Å². The number of benzene rings is 1. The maximum absolute atomic E-state index is 5.57. The Kier molecular flexibility index (Phi) is 5.38. The van der Waals surface area contributed by atoms with E-state index >= 15 is 0 Å². The predicted molar refractivity (Wildman–Crippen MR) is 78.9 cm³/mol. The van der Waals surface area contributed by atoms with Crippen molar-refractivity contribution in [2.45, 2.75) is 20.0 Å². The molecule has 20 heavy (non-hydrogen) atoms. The largest absolute Gasteiger partial charge is 0.493 e. The van der Waals surface area contributed by atoms with Gasteiger partial charge in [0, 0.05) is 31.0 Å². The van der Waals surface area contributed by atoms with Gasteiger partial charge >= 0.3 is 0 Å². The second-order valence-electron chi connectivity index (χ2n) is 4.34. The molecule has 0 saturated carbocycles. The molecule has 4 nitrogen and oxygen atoms in total. The van der Waals surface area contributed by atoms with Gasteiger partial charge in [-0.1, -0.05) is 12.1 Å². The van der Waals surface area contributed by atoms with E-state index in [1.807, 2.05) is 37.3 Å². The summed E-state index contributed by atoms with van der Waals surface area (Å²) in [6.07, 6.45) is 3.60. The highest BCUT2D eigenvalue weighted by atomic mass is 16.5. The number of aromatic nitrogens is 1. The number of hydrogen-bond donors (Lipinski definition) is 1. The summed E-state index contributed by atoms with van der Waals surface area (Å²) in [6, 6.07) is 9.95. The van der Waals surface area contributed by atoms with Gasteiger partial charge in [-0.3, -0.25) is 4.98 Å². The molecule has 4 heteroatoms. The summed E-state index contributed by atoms with van der Waals surface area (Å²) in [4.78, 5) is 4.01. The van der Waals surface area contributed by atoms with Crippen LogP contribution in [0.2, 0.25) is 0 Å². The summed E-state index contributed by atoms with van der Waals surface area (Å²) in [5, 5.41) is 3.40. The number of nitrogens with one attached hydrogen (secondary N) is 1. The number of pyridine rings is 1. The number of hydrogen-bond acceptors (Lipinski definition) is 4. The van der Waals surface area contributed by atoms with Crippen LogP contribution < -0.4 is 14.8 Å². The third kappa shape index (κ3) is 3.71. The van der Waals surface area contributed by atoms with Crippen molar-refractivity contribution in [3.05, 3.63) is 53.9 Å². The lowest BCUT2D eigenvalue weighted by Crippen LogP contribution is -2.13. The van der Waals surface area contributed by atoms with Gasteiger partial charge in [-0.15, -0.1) is 0 Å². The van der Waals surface area contributed by atoms with Gasteiger partial charge in [0.25, 0.3) is 0 Å². The Morgan fingerprint density at radius 1 is 1.10 bits per heavy atom. The molecular weight excluding hydrogens is 252 g/mol. The van der Waals surface area contributed by atoms with E-state index in [4.69, 9.17) is 9.47 Å². The average Bonchev–Trinajstić information content (AvgIpc) is 2.49. The highest BCUT2D eigenvalue weighted by Gasteiger charge is 2.09. The van der Waals surface area contributed by atoms with Gasteiger partial charge in [0.1, 0.15) is 0 Å². The number of rotatable bonds is 7. The molecule has 0 bridgehead atoms. The molecule has 0 radical (unpaired) electrons. The summed E-state index contributed by atoms with van der Waals surface area (Å²) in [5.74, 6) is 1.59. The molecule has 1 N–H and O–H groups in total. The Bertz CT molecular complexity index is 529. The first kappa shape index (κ1) is 14.3. The Hall–Kier alpha value is -2.07. The van der Waals surface area contributed by atoms with Crippen LogP contribution in [0.4, 0.5) is 0 Å². The molecule has 0 amide bonds. The van der Waals surface area contributed by atoms with Crippen LogP contribution in [0.1, 0.15) is 18.1 Å². The van der Waals surface area contributed by atoms with Crippen LogP contribution in [-0.4, -0.2) is 18.7 Å². The van der Waals surface area contributed by atoms with Crippen LogP contribution in [0, 0.1) is 0 Å². The van der Waals surface area contributed by atoms with E-state index in [-0.39, 0.29) is 0 Å². The minimum atomic E-state index is 0.629. The molecular formula is C16H20N2O2. The Labute approximate surface area is 119 Å². The smallest absolute Gasteiger partial charge is 0.165 e. The molecule has 0 fully saturated rings. The zero-order valence-electron chi connectivity index (χ0n) is 11.9. The molecule has 0 atom stereocenters. The quantitative estimate of drug-likeness (QED) is 0.841. The minimum Gasteiger partial charge on any atom is -0.493 e. The van der Waals surface area contributed by atoms with E-state index in [0.717, 1.165) is 30.2 Å². The zero-order valence-corrected chi connectivity index (χ0v) is 11.9. The first-order valence-corrected chi connectivity index (χ1v) is 6.73. The highest BCUT2D eigenvalue weighted by Crippen LogP contribution is 2.30. The highest BCUT2D eigenvalue weighted by molar-refractivity contribution is 5.46. The monoisotopic (exact) mass is 272 g/mol. The zero-order chi connectivity index (χ0) is 14.2. The van der Waals surface area contributed by atoms with Crippen molar-refractivity contribution >= 4 is 0 Å². The Morgan fingerprint density at radius 3 is 2.60 bits per heavy atom. The van der Waals surface area contributed by atoms with Crippen molar-refractivity contribution in [1.82, 2.24) is 10.3 Å². The molecule has 106 valence electrons. The van der Waals surface area contributed by atoms with E-state index in [9.17, 15) is 0 Å². The average molecular weight is 272 g/mol. The van der Waals surface area contributed by atoms with E-state index in [1.165, 1.54) is 5.56 Å². The number of para-hydroxylation sites is 1. The van der Waals surface area contributed by atoms with Gasteiger partial charge in [-0.05, 0) is 30.7 Å². The van der Waals surface area contributed by atoms with Gasteiger partial charge in [0.05, 0.1) is 13.7 Å². The third-order valence-corrected chi connectivity index (χ3v) is 2.96. The summed E-state index contributed by atoms with van der Waals surface area (Å²) >= 11 is 0. The van der Waals surface area contributed by atoms with Crippen molar-refractivity contribution in [2.24, 2.45) is 0 Å². The second kappa shape index (κ2) is 7.50. The SMILES string of the molecule is CCOc1cccc(CNCc2ccncc2)c1OC. The van der Waals surface area contributed by atoms with E-state index in [2.05, 4.69) is 10.3 Å². The number of ether oxygens (including phenoxy) is 2. The fourth-order valence-electron chi connectivity index (χ4n) is 2.04. The summed E-state index contributed by atoms with van der Waals surface area (Å²) in [7, 11) is 1.67. The summed E-state index contributed by atoms with van der Waals surface area (Å²) in [6.45, 7) is 4.12. The molecule has 1 aromatic carbocycles. The lowest BCUT2D eigenvalue weighted by atomic mass is 10.1. The molecule has 0 aliphatic rings. The van der Waals surface area contributed by atoms with Crippen LogP contribution in [0.15, 0.2) is 42.7 Å². The predicted octanol–water partition coefficient (Wildman–Crippen LogP) is 2.78. The van der Waals surface area contributed by atoms with Crippen LogP contribution in [0.25, 0.3) is 0 Å². The molecule has 2 rings (SSSR count). The van der Waals surface area contributed by atoms with Gasteiger partial charge in [-0.25, -0.2) is 0 Å². The molecule has 0 saturated heterocycles. The summed E-state index contributed by atoms with van der Waals surface area (Å²) < 4.78 is 11.0. The first-order valence-electron chi connectivity index (χ1n) is 6.73. The van der Waals surface area contributed by atoms with E-state index in [1.54, 1.807) is 19.5 Å². The second-order valence-corrected chi connectivity index (χ2v) is 4.34. The Balaban J connectivity index is 2.00. The molecule has 1 aromatic heterocycles. The maximum atomic E-state index is 5.57. The topological polar surface area (TPSA) is 43.4 Å². The van der Waals surface area contributed by atoms with E-state index in [0.29, 0.717) is 6.61 Å². The van der Waals surface area contributed by atoms with Crippen LogP contribution in [-0.2, 0) is 13.1 Å². The lowest BCUT2D eigenvalue weighted by molar-refractivity contribution is 0.308. The first-order chi connectivity index (χ1) is 9.85. The van der Waals surface area contributed by atoms with Crippen LogP contribution in [0.5, 0.6) is 11.5 Å². The van der Waals surface area contributed by atoms with Gasteiger partial charge in [-0.2, -0.15) is 0 Å². The number of nitrogens with zero attached hydrogens (tertiary/aromatic N) is 1. The minimum absolute atomic E-state index is 0.629. The third-order valence-electron chi connectivity index (χ3n) is 2.96. The fourth-order valence-corrected chi connectivity index (χ4v) is 2.04. The van der Waals surface area contributed by atoms with Gasteiger partial charge in [0.15, 0.2) is 11.5 Å². The van der Waals surface area contributed by atoms with Gasteiger partial charge in [0.2, 0.25) is 0 Å². The summed E-state index contributed by atoms with van der Waals surface area (Å²) in [5.41, 5.74) is 2.30. The van der Waals surface area contributed by atoms with Gasteiger partial charge < -0.3 is 14.8 Å². The van der Waals surface area contributed by atoms with Crippen molar-refractivity contribution in [1.29, 1.82) is 0 Å². The van der Waals surface area contributed by atoms with Crippen LogP contribution in [0.3, 0.4) is 0 Å². The molecule has 0 aliphatic carbocycles. The van der Waals surface area contributed by atoms with E-state index < -0.39 is 0 Å². The normalized spacial score (nSPS) is 10.3. The standard InChI is InChI=1S/C16H20N2O2/c1-3-20-15-6-4-5-14(16(15)19-2)12-18-11-13-7-9-17-10-8-13/h4-10,18H,3,11-12H2,1-2H3. The Morgan fingerprint density at radius 2 is 1.90 bits per heavy atom. The number of methoxy groups -OCH3 is 1.